The Balaban J connectivity index is 0.00000176. The smallest absolute Gasteiger partial charge is 0.176 e. The van der Waals surface area contributed by atoms with Gasteiger partial charge in [0, 0.05) is 23.6 Å². The van der Waals surface area contributed by atoms with Crippen LogP contribution in [0.1, 0.15) is 11.1 Å². The van der Waals surface area contributed by atoms with E-state index in [1.165, 1.54) is 21.2 Å². The molecule has 2 aromatic rings. The van der Waals surface area contributed by atoms with Gasteiger partial charge in [0.15, 0.2) is 18.9 Å². The van der Waals surface area contributed by atoms with E-state index in [1.54, 1.807) is 11.8 Å². The fourth-order valence-electron chi connectivity index (χ4n) is 2.43. The summed E-state index contributed by atoms with van der Waals surface area (Å²) in [6, 6.07) is 10.7. The van der Waals surface area contributed by atoms with Gasteiger partial charge in [-0.15, -0.1) is 0 Å². The first-order chi connectivity index (χ1) is 10.2. The maximum Gasteiger partial charge on any atom is 0.176 e. The summed E-state index contributed by atoms with van der Waals surface area (Å²) in [4.78, 5) is 3.53. The van der Waals surface area contributed by atoms with Gasteiger partial charge in [0.25, 0.3) is 0 Å². The van der Waals surface area contributed by atoms with E-state index in [-0.39, 0.29) is 30.6 Å². The Morgan fingerprint density at radius 2 is 2.14 bits per heavy atom. The summed E-state index contributed by atoms with van der Waals surface area (Å²) in [6.45, 7) is 2.90. The SMILES string of the molecule is Cc1ccc2c(c1)S/C(=C/c1ccc[n+](CCO)c1)N2C.[I-]. The van der Waals surface area contributed by atoms with Crippen LogP contribution >= 0.6 is 11.8 Å². The maximum atomic E-state index is 9.03. The predicted octanol–water partition coefficient (Wildman–Crippen LogP) is -0.181. The number of aliphatic hydroxyl groups is 1. The van der Waals surface area contributed by atoms with E-state index in [1.807, 2.05) is 16.8 Å². The zero-order valence-electron chi connectivity index (χ0n) is 12.7. The number of pyridine rings is 1. The normalized spacial score (nSPS) is 14.9. The van der Waals surface area contributed by atoms with Crippen LogP contribution < -0.4 is 33.4 Å². The Kier molecular flexibility index (Phi) is 5.88. The highest BCUT2D eigenvalue weighted by molar-refractivity contribution is 8.03. The van der Waals surface area contributed by atoms with Gasteiger partial charge in [-0.2, -0.15) is 0 Å². The average molecular weight is 426 g/mol. The highest BCUT2D eigenvalue weighted by Crippen LogP contribution is 2.45. The van der Waals surface area contributed by atoms with Gasteiger partial charge in [0.1, 0.15) is 6.61 Å². The Morgan fingerprint density at radius 1 is 1.32 bits per heavy atom. The molecule has 0 aliphatic carbocycles. The largest absolute Gasteiger partial charge is 1.00 e. The van der Waals surface area contributed by atoms with Gasteiger partial charge >= 0.3 is 0 Å². The molecule has 116 valence electrons. The summed E-state index contributed by atoms with van der Waals surface area (Å²) in [5.74, 6) is 0. The number of rotatable bonds is 3. The van der Waals surface area contributed by atoms with Gasteiger partial charge in [-0.25, -0.2) is 4.57 Å². The minimum absolute atomic E-state index is 0. The first-order valence-electron chi connectivity index (χ1n) is 7.01. The van der Waals surface area contributed by atoms with E-state index >= 15 is 0 Å². The molecule has 1 aromatic heterocycles. The fraction of sp³-hybridized carbons (Fsp3) is 0.235. The number of aliphatic hydroxyl groups excluding tert-OH is 1. The number of hydrogen-bond acceptors (Lipinski definition) is 3. The highest BCUT2D eigenvalue weighted by Gasteiger charge is 2.21. The molecule has 3 rings (SSSR count). The van der Waals surface area contributed by atoms with Crippen molar-refractivity contribution in [2.24, 2.45) is 0 Å². The number of aryl methyl sites for hydroxylation is 1. The summed E-state index contributed by atoms with van der Waals surface area (Å²) < 4.78 is 2.00. The Hall–Kier alpha value is -1.05. The first kappa shape index (κ1) is 17.3. The second-order valence-electron chi connectivity index (χ2n) is 5.21. The van der Waals surface area contributed by atoms with Crippen molar-refractivity contribution in [3.8, 4) is 0 Å². The second kappa shape index (κ2) is 7.48. The van der Waals surface area contributed by atoms with Gasteiger partial charge in [0.2, 0.25) is 0 Å². The van der Waals surface area contributed by atoms with Crippen LogP contribution in [0.15, 0.2) is 52.7 Å². The average Bonchev–Trinajstić information content (AvgIpc) is 2.75. The molecule has 1 aliphatic heterocycles. The molecule has 0 unspecified atom stereocenters. The molecule has 0 saturated carbocycles. The lowest BCUT2D eigenvalue weighted by molar-refractivity contribution is -0.698. The molecular weight excluding hydrogens is 407 g/mol. The first-order valence-corrected chi connectivity index (χ1v) is 7.83. The van der Waals surface area contributed by atoms with Crippen molar-refractivity contribution in [3.63, 3.8) is 0 Å². The van der Waals surface area contributed by atoms with E-state index < -0.39 is 0 Å². The predicted molar refractivity (Wildman–Crippen MR) is 87.1 cm³/mol. The van der Waals surface area contributed by atoms with Gasteiger partial charge in [-0.05, 0) is 36.8 Å². The van der Waals surface area contributed by atoms with Crippen LogP contribution in [0.25, 0.3) is 6.08 Å². The summed E-state index contributed by atoms with van der Waals surface area (Å²) in [5.41, 5.74) is 3.69. The molecule has 1 N–H and O–H groups in total. The summed E-state index contributed by atoms with van der Waals surface area (Å²) in [5, 5.41) is 10.3. The third-order valence-electron chi connectivity index (χ3n) is 3.55. The molecule has 0 saturated heterocycles. The zero-order valence-corrected chi connectivity index (χ0v) is 15.6. The molecule has 0 amide bonds. The van der Waals surface area contributed by atoms with Crippen molar-refractivity contribution in [3.05, 3.63) is 58.9 Å². The van der Waals surface area contributed by atoms with Crippen LogP contribution in [0.4, 0.5) is 5.69 Å². The van der Waals surface area contributed by atoms with Crippen LogP contribution in [-0.2, 0) is 6.54 Å². The van der Waals surface area contributed by atoms with Gasteiger partial charge < -0.3 is 34.0 Å². The zero-order chi connectivity index (χ0) is 14.8. The lowest BCUT2D eigenvalue weighted by Crippen LogP contribution is -3.00. The van der Waals surface area contributed by atoms with Crippen LogP contribution in [0, 0.1) is 6.92 Å². The molecule has 1 aromatic carbocycles. The molecule has 2 heterocycles. The van der Waals surface area contributed by atoms with Crippen molar-refractivity contribution in [2.45, 2.75) is 18.4 Å². The van der Waals surface area contributed by atoms with E-state index in [0.29, 0.717) is 6.54 Å². The standard InChI is InChI=1S/C17H19N2OS.HI/c1-13-5-6-15-16(10-13)21-17(18(15)2)11-14-4-3-7-19(12-14)8-9-20;/h3-7,10-12,20H,8-9H2,1-2H3;1H/q+1;/p-1/b17-11+;. The van der Waals surface area contributed by atoms with Crippen molar-refractivity contribution in [2.75, 3.05) is 18.6 Å². The second-order valence-corrected chi connectivity index (χ2v) is 6.28. The fourth-order valence-corrected chi connectivity index (χ4v) is 3.64. The molecule has 0 bridgehead atoms. The third-order valence-corrected chi connectivity index (χ3v) is 4.70. The number of thioether (sulfide) groups is 1. The minimum Gasteiger partial charge on any atom is -1.00 e. The Bertz CT molecular complexity index is 703. The minimum atomic E-state index is 0. The maximum absolute atomic E-state index is 9.03. The molecular formula is C17H19IN2OS. The molecule has 0 atom stereocenters. The number of nitrogens with zero attached hydrogens (tertiary/aromatic N) is 2. The monoisotopic (exact) mass is 426 g/mol. The van der Waals surface area contributed by atoms with Crippen LogP contribution in [0.3, 0.4) is 0 Å². The number of hydrogen-bond donors (Lipinski definition) is 1. The summed E-state index contributed by atoms with van der Waals surface area (Å²) in [7, 11) is 2.10. The highest BCUT2D eigenvalue weighted by atomic mass is 127. The number of aromatic nitrogens is 1. The molecule has 0 radical (unpaired) electrons. The Morgan fingerprint density at radius 3 is 2.91 bits per heavy atom. The molecule has 0 spiro atoms. The van der Waals surface area contributed by atoms with E-state index in [0.717, 1.165) is 5.56 Å². The van der Waals surface area contributed by atoms with E-state index in [2.05, 4.69) is 55.4 Å². The van der Waals surface area contributed by atoms with Crippen molar-refractivity contribution >= 4 is 23.5 Å². The molecule has 22 heavy (non-hydrogen) atoms. The van der Waals surface area contributed by atoms with Crippen LogP contribution in [0.5, 0.6) is 0 Å². The quantitative estimate of drug-likeness (QED) is 0.545. The van der Waals surface area contributed by atoms with E-state index in [9.17, 15) is 0 Å². The lowest BCUT2D eigenvalue weighted by atomic mass is 10.2. The number of fused-ring (bicyclic) bond motifs is 1. The van der Waals surface area contributed by atoms with E-state index in [4.69, 9.17) is 5.11 Å². The molecule has 5 heteroatoms. The summed E-state index contributed by atoms with van der Waals surface area (Å²) >= 11 is 1.80. The summed E-state index contributed by atoms with van der Waals surface area (Å²) in [6.07, 6.45) is 6.22. The van der Waals surface area contributed by atoms with Crippen LogP contribution in [-0.4, -0.2) is 18.8 Å². The lowest BCUT2D eigenvalue weighted by Gasteiger charge is -2.13. The van der Waals surface area contributed by atoms with Crippen molar-refractivity contribution in [1.29, 1.82) is 0 Å². The number of halogens is 1. The van der Waals surface area contributed by atoms with Gasteiger partial charge in [-0.3, -0.25) is 0 Å². The third kappa shape index (κ3) is 3.64. The molecule has 0 fully saturated rings. The number of benzene rings is 1. The topological polar surface area (TPSA) is 27.4 Å². The molecule has 1 aliphatic rings. The van der Waals surface area contributed by atoms with Gasteiger partial charge in [-0.1, -0.05) is 17.8 Å². The number of anilines is 1. The van der Waals surface area contributed by atoms with Gasteiger partial charge in [0.05, 0.1) is 10.7 Å². The van der Waals surface area contributed by atoms with Crippen molar-refractivity contribution in [1.82, 2.24) is 0 Å². The van der Waals surface area contributed by atoms with Crippen molar-refractivity contribution < 1.29 is 33.7 Å². The van der Waals surface area contributed by atoms with Crippen LogP contribution in [0.2, 0.25) is 0 Å². The Labute approximate surface area is 152 Å². The molecule has 3 nitrogen and oxygen atoms in total.